The summed E-state index contributed by atoms with van der Waals surface area (Å²) in [7, 11) is 0. The summed E-state index contributed by atoms with van der Waals surface area (Å²) in [5.74, 6) is 0.193. The number of rotatable bonds is 7. The zero-order valence-corrected chi connectivity index (χ0v) is 11.9. The molecule has 2 rings (SSSR count). The smallest absolute Gasteiger partial charge is 0.226 e. The zero-order valence-electron chi connectivity index (χ0n) is 11.9. The molecule has 0 bridgehead atoms. The Kier molecular flexibility index (Phi) is 5.36. The first kappa shape index (κ1) is 14.8. The van der Waals surface area contributed by atoms with Gasteiger partial charge in [0.15, 0.2) is 0 Å². The molecule has 1 fully saturated rings. The first-order valence-electron chi connectivity index (χ1n) is 7.32. The van der Waals surface area contributed by atoms with Crippen LogP contribution in [0.4, 0.5) is 0 Å². The summed E-state index contributed by atoms with van der Waals surface area (Å²) in [4.78, 5) is 14.1. The standard InChI is InChI=1S/C17H23NO2/c1-2-7-15-12-16(13-19)18(17(15)20)11-6-10-14-8-4-3-5-9-14/h2-5,8-9,15-16,19H,1,6-7,10-13H2/t15-,16+/m1/s1. The topological polar surface area (TPSA) is 40.5 Å². The first-order chi connectivity index (χ1) is 9.76. The molecular weight excluding hydrogens is 250 g/mol. The molecule has 0 aliphatic carbocycles. The second-order valence-electron chi connectivity index (χ2n) is 5.41. The van der Waals surface area contributed by atoms with Crippen LogP contribution < -0.4 is 0 Å². The highest BCUT2D eigenvalue weighted by atomic mass is 16.3. The molecule has 108 valence electrons. The van der Waals surface area contributed by atoms with Gasteiger partial charge < -0.3 is 10.0 Å². The van der Waals surface area contributed by atoms with Crippen molar-refractivity contribution in [3.8, 4) is 0 Å². The van der Waals surface area contributed by atoms with Crippen LogP contribution in [0.15, 0.2) is 43.0 Å². The van der Waals surface area contributed by atoms with E-state index in [1.807, 2.05) is 23.1 Å². The number of aliphatic hydroxyl groups excluding tert-OH is 1. The molecule has 0 spiro atoms. The van der Waals surface area contributed by atoms with Gasteiger partial charge in [-0.1, -0.05) is 36.4 Å². The fourth-order valence-electron chi connectivity index (χ4n) is 2.93. The van der Waals surface area contributed by atoms with Crippen molar-refractivity contribution in [3.63, 3.8) is 0 Å². The fraction of sp³-hybridized carbons (Fsp3) is 0.471. The van der Waals surface area contributed by atoms with Gasteiger partial charge in [0.05, 0.1) is 12.6 Å². The van der Waals surface area contributed by atoms with Crippen molar-refractivity contribution < 1.29 is 9.90 Å². The molecule has 20 heavy (non-hydrogen) atoms. The van der Waals surface area contributed by atoms with Gasteiger partial charge >= 0.3 is 0 Å². The number of amides is 1. The van der Waals surface area contributed by atoms with Crippen molar-refractivity contribution in [3.05, 3.63) is 48.6 Å². The van der Waals surface area contributed by atoms with Crippen LogP contribution in [-0.2, 0) is 11.2 Å². The largest absolute Gasteiger partial charge is 0.394 e. The summed E-state index contributed by atoms with van der Waals surface area (Å²) in [5.41, 5.74) is 1.29. The highest BCUT2D eigenvalue weighted by molar-refractivity contribution is 5.81. The lowest BCUT2D eigenvalue weighted by atomic mass is 10.0. The van der Waals surface area contributed by atoms with E-state index in [1.54, 1.807) is 6.08 Å². The fourth-order valence-corrected chi connectivity index (χ4v) is 2.93. The molecule has 0 radical (unpaired) electrons. The minimum atomic E-state index is -0.0109. The van der Waals surface area contributed by atoms with Gasteiger partial charge in [0.1, 0.15) is 0 Å². The predicted octanol–water partition coefficient (Wildman–Crippen LogP) is 2.40. The molecule has 1 aliphatic rings. The minimum absolute atomic E-state index is 0.0109. The lowest BCUT2D eigenvalue weighted by molar-refractivity contribution is -0.132. The number of carbonyl (C=O) groups excluding carboxylic acids is 1. The third kappa shape index (κ3) is 3.48. The van der Waals surface area contributed by atoms with E-state index in [2.05, 4.69) is 18.7 Å². The van der Waals surface area contributed by atoms with Crippen molar-refractivity contribution in [1.29, 1.82) is 0 Å². The van der Waals surface area contributed by atoms with Gasteiger partial charge in [-0.3, -0.25) is 4.79 Å². The number of aryl methyl sites for hydroxylation is 1. The number of nitrogens with zero attached hydrogens (tertiary/aromatic N) is 1. The van der Waals surface area contributed by atoms with Gasteiger partial charge in [0.25, 0.3) is 0 Å². The number of hydrogen-bond acceptors (Lipinski definition) is 2. The average Bonchev–Trinajstić information content (AvgIpc) is 2.77. The van der Waals surface area contributed by atoms with Crippen molar-refractivity contribution in [2.45, 2.75) is 31.7 Å². The summed E-state index contributed by atoms with van der Waals surface area (Å²) in [6, 6.07) is 10.3. The number of benzene rings is 1. The highest BCUT2D eigenvalue weighted by Gasteiger charge is 2.37. The van der Waals surface area contributed by atoms with Crippen LogP contribution in [0.1, 0.15) is 24.8 Å². The Balaban J connectivity index is 1.87. The summed E-state index contributed by atoms with van der Waals surface area (Å²) >= 11 is 0. The third-order valence-electron chi connectivity index (χ3n) is 4.00. The van der Waals surface area contributed by atoms with Gasteiger partial charge in [0, 0.05) is 12.5 Å². The van der Waals surface area contributed by atoms with E-state index in [9.17, 15) is 9.90 Å². The van der Waals surface area contributed by atoms with Gasteiger partial charge in [-0.15, -0.1) is 6.58 Å². The molecule has 1 aromatic carbocycles. The number of allylic oxidation sites excluding steroid dienone is 1. The Morgan fingerprint density at radius 1 is 1.35 bits per heavy atom. The monoisotopic (exact) mass is 273 g/mol. The summed E-state index contributed by atoms with van der Waals surface area (Å²) < 4.78 is 0. The molecular formula is C17H23NO2. The van der Waals surface area contributed by atoms with Crippen molar-refractivity contribution in [2.75, 3.05) is 13.2 Å². The second-order valence-corrected chi connectivity index (χ2v) is 5.41. The van der Waals surface area contributed by atoms with Crippen molar-refractivity contribution >= 4 is 5.91 Å². The molecule has 0 aromatic heterocycles. The van der Waals surface area contributed by atoms with E-state index in [-0.39, 0.29) is 24.5 Å². The highest BCUT2D eigenvalue weighted by Crippen LogP contribution is 2.27. The Bertz CT molecular complexity index is 444. The number of aliphatic hydroxyl groups is 1. The molecule has 3 nitrogen and oxygen atoms in total. The molecule has 3 heteroatoms. The summed E-state index contributed by atoms with van der Waals surface area (Å²) in [5, 5.41) is 9.44. The Hall–Kier alpha value is -1.61. The van der Waals surface area contributed by atoms with Crippen LogP contribution >= 0.6 is 0 Å². The number of likely N-dealkylation sites (tertiary alicyclic amines) is 1. The van der Waals surface area contributed by atoms with Crippen LogP contribution in [0.25, 0.3) is 0 Å². The van der Waals surface area contributed by atoms with E-state index >= 15 is 0 Å². The molecule has 1 aliphatic heterocycles. The maximum atomic E-state index is 12.3. The van der Waals surface area contributed by atoms with Crippen LogP contribution in [-0.4, -0.2) is 35.1 Å². The maximum absolute atomic E-state index is 12.3. The zero-order chi connectivity index (χ0) is 14.4. The van der Waals surface area contributed by atoms with Gasteiger partial charge in [-0.25, -0.2) is 0 Å². The molecule has 2 atom stereocenters. The lowest BCUT2D eigenvalue weighted by Gasteiger charge is -2.23. The maximum Gasteiger partial charge on any atom is 0.226 e. The first-order valence-corrected chi connectivity index (χ1v) is 7.32. The Labute approximate surface area is 120 Å². The quantitative estimate of drug-likeness (QED) is 0.775. The summed E-state index contributed by atoms with van der Waals surface area (Å²) in [6.45, 7) is 4.49. The van der Waals surface area contributed by atoms with E-state index in [0.717, 1.165) is 25.8 Å². The van der Waals surface area contributed by atoms with Crippen molar-refractivity contribution in [2.24, 2.45) is 5.92 Å². The minimum Gasteiger partial charge on any atom is -0.394 e. The van der Waals surface area contributed by atoms with Gasteiger partial charge in [0.2, 0.25) is 5.91 Å². The third-order valence-corrected chi connectivity index (χ3v) is 4.00. The van der Waals surface area contributed by atoms with E-state index in [4.69, 9.17) is 0 Å². The molecule has 0 unspecified atom stereocenters. The van der Waals surface area contributed by atoms with Crippen molar-refractivity contribution in [1.82, 2.24) is 4.90 Å². The molecule has 1 saturated heterocycles. The lowest BCUT2D eigenvalue weighted by Crippen LogP contribution is -2.36. The Morgan fingerprint density at radius 3 is 2.75 bits per heavy atom. The molecule has 0 saturated carbocycles. The summed E-state index contributed by atoms with van der Waals surface area (Å²) in [6.07, 6.45) is 5.17. The van der Waals surface area contributed by atoms with E-state index in [0.29, 0.717) is 6.42 Å². The van der Waals surface area contributed by atoms with E-state index in [1.165, 1.54) is 5.56 Å². The average molecular weight is 273 g/mol. The molecule has 1 heterocycles. The molecule has 1 aromatic rings. The van der Waals surface area contributed by atoms with Crippen LogP contribution in [0, 0.1) is 5.92 Å². The normalized spacial score (nSPS) is 22.2. The van der Waals surface area contributed by atoms with Crippen LogP contribution in [0.2, 0.25) is 0 Å². The van der Waals surface area contributed by atoms with Gasteiger partial charge in [-0.05, 0) is 31.2 Å². The van der Waals surface area contributed by atoms with E-state index < -0.39 is 0 Å². The van der Waals surface area contributed by atoms with Gasteiger partial charge in [-0.2, -0.15) is 0 Å². The SMILES string of the molecule is C=CC[C@@H]1C[C@@H](CO)N(CCCc2ccccc2)C1=O. The second kappa shape index (κ2) is 7.25. The van der Waals surface area contributed by atoms with Crippen LogP contribution in [0.5, 0.6) is 0 Å². The molecule has 1 N–H and O–H groups in total. The molecule has 1 amide bonds. The number of hydrogen-bond donors (Lipinski definition) is 1. The number of carbonyl (C=O) groups is 1. The predicted molar refractivity (Wildman–Crippen MR) is 80.3 cm³/mol. The van der Waals surface area contributed by atoms with Crippen LogP contribution in [0.3, 0.4) is 0 Å². The Morgan fingerprint density at radius 2 is 2.10 bits per heavy atom.